The van der Waals surface area contributed by atoms with Gasteiger partial charge in [-0.3, -0.25) is 4.79 Å². The molecule has 1 amide bonds. The van der Waals surface area contributed by atoms with E-state index in [0.717, 1.165) is 5.56 Å². The van der Waals surface area contributed by atoms with Gasteiger partial charge in [0.15, 0.2) is 0 Å². The van der Waals surface area contributed by atoms with E-state index in [4.69, 9.17) is 4.74 Å². The molecule has 0 saturated heterocycles. The number of hydrogen-bond donors (Lipinski definition) is 3. The van der Waals surface area contributed by atoms with E-state index < -0.39 is 11.9 Å². The molecule has 0 radical (unpaired) electrons. The number of phenols is 1. The zero-order valence-electron chi connectivity index (χ0n) is 15.4. The van der Waals surface area contributed by atoms with Gasteiger partial charge in [-0.1, -0.05) is 32.9 Å². The molecule has 1 heterocycles. The van der Waals surface area contributed by atoms with Crippen molar-refractivity contribution in [3.05, 3.63) is 58.7 Å². The molecule has 2 aromatic carbocycles. The highest BCUT2D eigenvalue weighted by atomic mass is 16.5. The van der Waals surface area contributed by atoms with Crippen molar-refractivity contribution in [3.8, 4) is 11.5 Å². The van der Waals surface area contributed by atoms with Crippen LogP contribution in [0.3, 0.4) is 0 Å². The zero-order chi connectivity index (χ0) is 19.8. The van der Waals surface area contributed by atoms with Crippen LogP contribution < -0.4 is 10.1 Å². The van der Waals surface area contributed by atoms with E-state index in [1.807, 2.05) is 20.8 Å². The van der Waals surface area contributed by atoms with Crippen LogP contribution in [0.15, 0.2) is 42.0 Å². The number of amides is 1. The number of phenolic OH excluding ortho intramolecular Hbond substituents is 1. The zero-order valence-corrected chi connectivity index (χ0v) is 15.4. The number of rotatable bonds is 3. The van der Waals surface area contributed by atoms with E-state index in [-0.39, 0.29) is 29.0 Å². The smallest absolute Gasteiger partial charge is 0.337 e. The lowest BCUT2D eigenvalue weighted by Crippen LogP contribution is -2.22. The minimum absolute atomic E-state index is 0.0102. The van der Waals surface area contributed by atoms with Crippen molar-refractivity contribution in [1.29, 1.82) is 0 Å². The van der Waals surface area contributed by atoms with Crippen LogP contribution in [0.25, 0.3) is 6.08 Å². The summed E-state index contributed by atoms with van der Waals surface area (Å²) in [5.74, 6) is -0.835. The quantitative estimate of drug-likeness (QED) is 0.767. The van der Waals surface area contributed by atoms with Gasteiger partial charge >= 0.3 is 5.97 Å². The van der Waals surface area contributed by atoms with Gasteiger partial charge in [-0.25, -0.2) is 4.79 Å². The minimum Gasteiger partial charge on any atom is -0.508 e. The van der Waals surface area contributed by atoms with Gasteiger partial charge in [0.25, 0.3) is 5.91 Å². The Hall–Kier alpha value is -3.28. The fraction of sp³-hybridized carbons (Fsp3) is 0.238. The van der Waals surface area contributed by atoms with Crippen LogP contribution in [0.5, 0.6) is 11.5 Å². The highest BCUT2D eigenvalue weighted by Crippen LogP contribution is 2.38. The molecule has 0 unspecified atom stereocenters. The van der Waals surface area contributed by atoms with Crippen LogP contribution in [0, 0.1) is 0 Å². The van der Waals surface area contributed by atoms with Crippen molar-refractivity contribution in [2.45, 2.75) is 26.2 Å². The summed E-state index contributed by atoms with van der Waals surface area (Å²) < 4.78 is 5.71. The molecular weight excluding hydrogens is 346 g/mol. The Balaban J connectivity index is 1.89. The van der Waals surface area contributed by atoms with Crippen LogP contribution in [-0.4, -0.2) is 28.7 Å². The van der Waals surface area contributed by atoms with Crippen molar-refractivity contribution in [2.75, 3.05) is 11.9 Å². The lowest BCUT2D eigenvalue weighted by molar-refractivity contribution is -0.113. The molecule has 0 aromatic heterocycles. The van der Waals surface area contributed by atoms with Gasteiger partial charge < -0.3 is 20.3 Å². The number of carboxylic acids is 1. The molecule has 27 heavy (non-hydrogen) atoms. The minimum atomic E-state index is -1.12. The van der Waals surface area contributed by atoms with Crippen LogP contribution in [0.1, 0.15) is 42.3 Å². The fourth-order valence-electron chi connectivity index (χ4n) is 2.92. The monoisotopic (exact) mass is 367 g/mol. The van der Waals surface area contributed by atoms with Gasteiger partial charge in [0, 0.05) is 11.1 Å². The molecule has 6 nitrogen and oxygen atoms in total. The maximum atomic E-state index is 12.5. The molecule has 0 bridgehead atoms. The summed E-state index contributed by atoms with van der Waals surface area (Å²) in [6, 6.07) is 9.55. The summed E-state index contributed by atoms with van der Waals surface area (Å²) in [6.45, 7) is 6.03. The third-order valence-corrected chi connectivity index (χ3v) is 4.35. The molecule has 6 heteroatoms. The second kappa shape index (κ2) is 6.79. The number of hydrogen-bond acceptors (Lipinski definition) is 4. The Morgan fingerprint density at radius 2 is 1.85 bits per heavy atom. The van der Waals surface area contributed by atoms with Gasteiger partial charge in [0.2, 0.25) is 0 Å². The van der Waals surface area contributed by atoms with Crippen LogP contribution >= 0.6 is 0 Å². The summed E-state index contributed by atoms with van der Waals surface area (Å²) >= 11 is 0. The average Bonchev–Trinajstić information content (AvgIpc) is 2.59. The van der Waals surface area contributed by atoms with Crippen molar-refractivity contribution in [2.24, 2.45) is 0 Å². The van der Waals surface area contributed by atoms with Crippen LogP contribution in [0.4, 0.5) is 5.69 Å². The lowest BCUT2D eigenvalue weighted by atomic mass is 9.85. The van der Waals surface area contributed by atoms with E-state index in [2.05, 4.69) is 5.32 Å². The van der Waals surface area contributed by atoms with Gasteiger partial charge in [-0.05, 0) is 35.8 Å². The number of ether oxygens (including phenoxy) is 1. The topological polar surface area (TPSA) is 95.9 Å². The molecule has 0 aliphatic carbocycles. The number of carboxylic acid groups (broad SMARTS) is 1. The van der Waals surface area contributed by atoms with Crippen molar-refractivity contribution >= 4 is 23.6 Å². The van der Waals surface area contributed by atoms with Crippen molar-refractivity contribution in [1.82, 2.24) is 0 Å². The summed E-state index contributed by atoms with van der Waals surface area (Å²) in [5, 5.41) is 22.1. The Kier molecular flexibility index (Phi) is 4.66. The number of para-hydroxylation sites is 1. The van der Waals surface area contributed by atoms with E-state index in [1.54, 1.807) is 30.3 Å². The molecule has 0 fully saturated rings. The van der Waals surface area contributed by atoms with Crippen LogP contribution in [-0.2, 0) is 10.2 Å². The third-order valence-electron chi connectivity index (χ3n) is 4.35. The van der Waals surface area contributed by atoms with E-state index >= 15 is 0 Å². The SMILES string of the molecule is CC(C)(C)c1cc2c(cc1O)C=C(C(=O)Nc1ccccc1C(=O)O)CO2. The number of carbonyl (C=O) groups is 2. The number of aromatic hydroxyl groups is 1. The summed E-state index contributed by atoms with van der Waals surface area (Å²) in [5.41, 5.74) is 1.68. The molecule has 3 N–H and O–H groups in total. The molecule has 0 spiro atoms. The molecule has 0 saturated carbocycles. The number of carbonyl (C=O) groups excluding carboxylic acids is 1. The van der Waals surface area contributed by atoms with Crippen molar-refractivity contribution < 1.29 is 24.5 Å². The van der Waals surface area contributed by atoms with E-state index in [0.29, 0.717) is 16.9 Å². The Bertz CT molecular complexity index is 954. The van der Waals surface area contributed by atoms with Gasteiger partial charge in [0.05, 0.1) is 16.8 Å². The molecule has 0 atom stereocenters. The number of nitrogens with one attached hydrogen (secondary N) is 1. The van der Waals surface area contributed by atoms with Crippen molar-refractivity contribution in [3.63, 3.8) is 0 Å². The maximum Gasteiger partial charge on any atom is 0.337 e. The van der Waals surface area contributed by atoms with Gasteiger partial charge in [-0.2, -0.15) is 0 Å². The fourth-order valence-corrected chi connectivity index (χ4v) is 2.92. The largest absolute Gasteiger partial charge is 0.508 e. The Labute approximate surface area is 157 Å². The maximum absolute atomic E-state index is 12.5. The normalized spacial score (nSPS) is 13.2. The van der Waals surface area contributed by atoms with Gasteiger partial charge in [0.1, 0.15) is 18.1 Å². The Morgan fingerprint density at radius 3 is 2.52 bits per heavy atom. The van der Waals surface area contributed by atoms with Crippen LogP contribution in [0.2, 0.25) is 0 Å². The van der Waals surface area contributed by atoms with E-state index in [9.17, 15) is 19.8 Å². The second-order valence-electron chi connectivity index (χ2n) is 7.42. The summed E-state index contributed by atoms with van der Waals surface area (Å²) in [7, 11) is 0. The first-order valence-electron chi connectivity index (χ1n) is 8.51. The predicted octanol–water partition coefficient (Wildman–Crippen LogP) is 3.80. The molecule has 2 aromatic rings. The number of aromatic carboxylic acids is 1. The molecule has 1 aliphatic heterocycles. The summed E-state index contributed by atoms with van der Waals surface area (Å²) in [6.07, 6.45) is 1.64. The number of fused-ring (bicyclic) bond motifs is 1. The first kappa shape index (κ1) is 18.5. The van der Waals surface area contributed by atoms with E-state index in [1.165, 1.54) is 12.1 Å². The highest BCUT2D eigenvalue weighted by Gasteiger charge is 2.24. The first-order chi connectivity index (χ1) is 12.7. The molecular formula is C21H21NO5. The second-order valence-corrected chi connectivity index (χ2v) is 7.42. The molecule has 3 rings (SSSR count). The number of anilines is 1. The first-order valence-corrected chi connectivity index (χ1v) is 8.51. The molecule has 140 valence electrons. The number of benzene rings is 2. The Morgan fingerprint density at radius 1 is 1.15 bits per heavy atom. The van der Waals surface area contributed by atoms with Gasteiger partial charge in [-0.15, -0.1) is 0 Å². The summed E-state index contributed by atoms with van der Waals surface area (Å²) in [4.78, 5) is 23.8. The average molecular weight is 367 g/mol. The third kappa shape index (κ3) is 3.79. The lowest BCUT2D eigenvalue weighted by Gasteiger charge is -2.24. The molecule has 1 aliphatic rings. The highest BCUT2D eigenvalue weighted by molar-refractivity contribution is 6.10. The predicted molar refractivity (Wildman–Crippen MR) is 102 cm³/mol. The standard InChI is InChI=1S/C21H21NO5/c1-21(2,3)15-10-18-12(9-17(15)23)8-13(11-27-18)19(24)22-16-7-5-4-6-14(16)20(25)26/h4-10,23H,11H2,1-3H3,(H,22,24)(H,25,26).